The maximum atomic E-state index is 12.7. The Hall–Kier alpha value is -2.97. The molecule has 0 spiro atoms. The van der Waals surface area contributed by atoms with Crippen molar-refractivity contribution in [2.45, 2.75) is 26.3 Å². The molecule has 0 radical (unpaired) electrons. The largest absolute Gasteiger partial charge is 0.396 e. The number of aromatic nitrogens is 1. The van der Waals surface area contributed by atoms with Gasteiger partial charge in [-0.05, 0) is 48.3 Å². The average molecular weight is 416 g/mol. The Labute approximate surface area is 184 Å². The number of amides is 1. The molecule has 1 saturated carbocycles. The van der Waals surface area contributed by atoms with Crippen LogP contribution in [0.2, 0.25) is 0 Å². The molecule has 5 nitrogen and oxygen atoms in total. The van der Waals surface area contributed by atoms with Gasteiger partial charge in [-0.25, -0.2) is 0 Å². The van der Waals surface area contributed by atoms with Crippen LogP contribution in [-0.4, -0.2) is 40.6 Å². The number of aliphatic hydroxyl groups excluding tert-OH is 1. The van der Waals surface area contributed by atoms with E-state index in [0.717, 1.165) is 23.2 Å². The van der Waals surface area contributed by atoms with Gasteiger partial charge in [0.25, 0.3) is 0 Å². The lowest BCUT2D eigenvalue weighted by Gasteiger charge is -2.43. The van der Waals surface area contributed by atoms with Crippen LogP contribution in [0, 0.1) is 40.9 Å². The molecule has 1 aliphatic carbocycles. The molecule has 160 valence electrons. The van der Waals surface area contributed by atoms with Gasteiger partial charge in [0.2, 0.25) is 5.91 Å². The van der Waals surface area contributed by atoms with Gasteiger partial charge in [-0.3, -0.25) is 9.78 Å². The van der Waals surface area contributed by atoms with Gasteiger partial charge in [0.15, 0.2) is 0 Å². The minimum absolute atomic E-state index is 0.0656. The summed E-state index contributed by atoms with van der Waals surface area (Å²) in [7, 11) is 1.87. The smallest absolute Gasteiger partial charge is 0.228 e. The number of fused-ring (bicyclic) bond motifs is 1. The second-order valence-corrected chi connectivity index (χ2v) is 9.02. The van der Waals surface area contributed by atoms with Crippen LogP contribution in [0.15, 0.2) is 48.7 Å². The van der Waals surface area contributed by atoms with Crippen LogP contribution in [0.5, 0.6) is 0 Å². The number of nitrogens with zero attached hydrogens (tertiary/aromatic N) is 3. The van der Waals surface area contributed by atoms with E-state index < -0.39 is 0 Å². The van der Waals surface area contributed by atoms with Crippen molar-refractivity contribution < 1.29 is 9.90 Å². The maximum Gasteiger partial charge on any atom is 0.228 e. The van der Waals surface area contributed by atoms with Crippen molar-refractivity contribution in [3.63, 3.8) is 0 Å². The first-order valence-electron chi connectivity index (χ1n) is 11.0. The molecule has 1 aliphatic heterocycles. The highest BCUT2D eigenvalue weighted by atomic mass is 16.3. The summed E-state index contributed by atoms with van der Waals surface area (Å²) in [5.41, 5.74) is 3.27. The molecule has 2 aromatic rings. The molecule has 6 atom stereocenters. The van der Waals surface area contributed by atoms with Gasteiger partial charge in [0.05, 0.1) is 29.9 Å². The summed E-state index contributed by atoms with van der Waals surface area (Å²) in [5.74, 6) is 1.01. The maximum absolute atomic E-state index is 12.7. The minimum Gasteiger partial charge on any atom is -0.396 e. The highest BCUT2D eigenvalue weighted by molar-refractivity contribution is 5.82. The summed E-state index contributed by atoms with van der Waals surface area (Å²) >= 11 is 0. The predicted octanol–water partition coefficient (Wildman–Crippen LogP) is 3.99. The fourth-order valence-corrected chi connectivity index (χ4v) is 5.49. The Bertz CT molecular complexity index is 1020. The van der Waals surface area contributed by atoms with Gasteiger partial charge in [-0.15, -0.1) is 0 Å². The third-order valence-corrected chi connectivity index (χ3v) is 7.46. The average Bonchev–Trinajstić information content (AvgIpc) is 3.03. The number of pyridine rings is 1. The topological polar surface area (TPSA) is 77.2 Å². The molecule has 31 heavy (non-hydrogen) atoms. The Kier molecular flexibility index (Phi) is 5.93. The van der Waals surface area contributed by atoms with Gasteiger partial charge >= 0.3 is 0 Å². The minimum atomic E-state index is -0.322. The number of aliphatic hydroxyl groups is 1. The zero-order chi connectivity index (χ0) is 22.1. The number of allylic oxidation sites excluding steroid dienone is 1. The lowest BCUT2D eigenvalue weighted by molar-refractivity contribution is -0.131. The molecule has 1 aromatic heterocycles. The van der Waals surface area contributed by atoms with E-state index in [2.05, 4.69) is 31.0 Å². The van der Waals surface area contributed by atoms with Crippen LogP contribution in [0.1, 0.15) is 31.5 Å². The van der Waals surface area contributed by atoms with Crippen LogP contribution in [0.3, 0.4) is 0 Å². The van der Waals surface area contributed by atoms with Crippen LogP contribution < -0.4 is 0 Å². The number of carbonyl (C=O) groups excluding carboxylic acids is 1. The summed E-state index contributed by atoms with van der Waals surface area (Å²) in [6.45, 7) is 4.41. The molecule has 4 rings (SSSR count). The normalized spacial score (nSPS) is 30.4. The van der Waals surface area contributed by atoms with Gasteiger partial charge < -0.3 is 10.0 Å². The van der Waals surface area contributed by atoms with E-state index >= 15 is 0 Å². The van der Waals surface area contributed by atoms with Crippen molar-refractivity contribution in [1.82, 2.24) is 9.88 Å². The molecule has 1 aromatic carbocycles. The highest BCUT2D eigenvalue weighted by Crippen LogP contribution is 2.48. The van der Waals surface area contributed by atoms with E-state index in [-0.39, 0.29) is 36.3 Å². The van der Waals surface area contributed by atoms with Crippen molar-refractivity contribution in [1.29, 1.82) is 5.26 Å². The van der Waals surface area contributed by atoms with Gasteiger partial charge in [-0.2, -0.15) is 5.26 Å². The molecule has 0 unspecified atom stereocenters. The summed E-state index contributed by atoms with van der Waals surface area (Å²) in [6, 6.07) is 13.9. The van der Waals surface area contributed by atoms with Gasteiger partial charge in [-0.1, -0.05) is 44.2 Å². The van der Waals surface area contributed by atoms with Crippen molar-refractivity contribution in [2.24, 2.45) is 29.6 Å². The molecular formula is C26H29N3O2. The SMILES string of the molecule is C[C@H]1[C@H](C=Cc2ccc(-c3ccccc3C#N)cn2)[C@H]2[C@@H](C[C@@H]1C)N(C)C(=O)[C@@H]2CO. The number of carbonyl (C=O) groups is 1. The monoisotopic (exact) mass is 415 g/mol. The van der Waals surface area contributed by atoms with Crippen molar-refractivity contribution in [3.8, 4) is 17.2 Å². The van der Waals surface area contributed by atoms with Crippen molar-refractivity contribution in [2.75, 3.05) is 13.7 Å². The Morgan fingerprint density at radius 2 is 2.03 bits per heavy atom. The molecule has 0 bridgehead atoms. The van der Waals surface area contributed by atoms with Crippen LogP contribution >= 0.6 is 0 Å². The van der Waals surface area contributed by atoms with E-state index in [1.807, 2.05) is 54.4 Å². The van der Waals surface area contributed by atoms with Crippen LogP contribution in [0.4, 0.5) is 0 Å². The number of likely N-dealkylation sites (tertiary alicyclic amines) is 1. The number of nitriles is 1. The van der Waals surface area contributed by atoms with Crippen molar-refractivity contribution >= 4 is 12.0 Å². The second-order valence-electron chi connectivity index (χ2n) is 9.02. The summed E-state index contributed by atoms with van der Waals surface area (Å²) < 4.78 is 0. The quantitative estimate of drug-likeness (QED) is 0.819. The predicted molar refractivity (Wildman–Crippen MR) is 120 cm³/mol. The molecule has 2 fully saturated rings. The number of hydrogen-bond acceptors (Lipinski definition) is 4. The zero-order valence-corrected chi connectivity index (χ0v) is 18.3. The van der Waals surface area contributed by atoms with E-state index in [0.29, 0.717) is 17.4 Å². The lowest BCUT2D eigenvalue weighted by Crippen LogP contribution is -2.44. The number of rotatable bonds is 4. The molecule has 5 heteroatoms. The fraction of sp³-hybridized carbons (Fsp3) is 0.423. The van der Waals surface area contributed by atoms with Crippen molar-refractivity contribution in [3.05, 3.63) is 59.9 Å². The Balaban J connectivity index is 1.59. The number of hydrogen-bond donors (Lipinski definition) is 1. The Morgan fingerprint density at radius 3 is 2.71 bits per heavy atom. The fourth-order valence-electron chi connectivity index (χ4n) is 5.49. The highest BCUT2D eigenvalue weighted by Gasteiger charge is 2.53. The van der Waals surface area contributed by atoms with E-state index in [4.69, 9.17) is 0 Å². The van der Waals surface area contributed by atoms with Crippen LogP contribution in [0.25, 0.3) is 17.2 Å². The third kappa shape index (κ3) is 3.77. The second kappa shape index (κ2) is 8.64. The standard InChI is InChI=1S/C26H29N3O2/c1-16-12-24-25(23(15-30)26(31)29(24)3)21(17(16)2)11-10-20-9-8-19(14-28-20)22-7-5-4-6-18(22)13-27/h4-11,14,16-17,21,23-25,30H,12,15H2,1-3H3/t16-,17+,21-,23+,24+,25+/m0/s1. The number of benzene rings is 1. The molecule has 1 N–H and O–H groups in total. The Morgan fingerprint density at radius 1 is 1.26 bits per heavy atom. The van der Waals surface area contributed by atoms with E-state index in [9.17, 15) is 15.2 Å². The zero-order valence-electron chi connectivity index (χ0n) is 18.3. The van der Waals surface area contributed by atoms with Gasteiger partial charge in [0, 0.05) is 30.4 Å². The third-order valence-electron chi connectivity index (χ3n) is 7.46. The lowest BCUT2D eigenvalue weighted by atomic mass is 9.63. The summed E-state index contributed by atoms with van der Waals surface area (Å²) in [5, 5.41) is 19.3. The first kappa shape index (κ1) is 21.3. The van der Waals surface area contributed by atoms with E-state index in [1.165, 1.54) is 0 Å². The molecule has 2 heterocycles. The summed E-state index contributed by atoms with van der Waals surface area (Å²) in [4.78, 5) is 19.1. The first-order valence-corrected chi connectivity index (χ1v) is 11.0. The van der Waals surface area contributed by atoms with E-state index in [1.54, 1.807) is 6.20 Å². The molecule has 2 aliphatic rings. The molecule has 1 amide bonds. The first-order chi connectivity index (χ1) is 15.0. The van der Waals surface area contributed by atoms with Crippen LogP contribution in [-0.2, 0) is 4.79 Å². The van der Waals surface area contributed by atoms with Gasteiger partial charge in [0.1, 0.15) is 0 Å². The summed E-state index contributed by atoms with van der Waals surface area (Å²) in [6.07, 6.45) is 7.01. The molecule has 1 saturated heterocycles. The molecular weight excluding hydrogens is 386 g/mol.